The fourth-order valence-electron chi connectivity index (χ4n) is 2.00. The number of anilines is 1. The minimum absolute atomic E-state index is 0.0287. The molecule has 7 heteroatoms. The Morgan fingerprint density at radius 3 is 2.58 bits per heavy atom. The van der Waals surface area contributed by atoms with Gasteiger partial charge in [-0.3, -0.25) is 14.9 Å². The van der Waals surface area contributed by atoms with Crippen LogP contribution in [0.4, 0.5) is 11.4 Å². The molecule has 0 heterocycles. The molecule has 6 nitrogen and oxygen atoms in total. The second-order valence-electron chi connectivity index (χ2n) is 5.10. The van der Waals surface area contributed by atoms with Crippen molar-refractivity contribution < 1.29 is 14.5 Å². The van der Waals surface area contributed by atoms with E-state index in [2.05, 4.69) is 28.2 Å². The molecule has 0 aliphatic rings. The lowest BCUT2D eigenvalue weighted by Gasteiger charge is -2.12. The highest BCUT2D eigenvalue weighted by molar-refractivity contribution is 9.10. The minimum atomic E-state index is -0.487. The largest absolute Gasteiger partial charge is 0.493 e. The number of hydrogen-bond acceptors (Lipinski definition) is 4. The minimum Gasteiger partial charge on any atom is -0.493 e. The zero-order valence-electron chi connectivity index (χ0n) is 13.1. The first-order valence-corrected chi connectivity index (χ1v) is 8.28. The third kappa shape index (κ3) is 4.79. The summed E-state index contributed by atoms with van der Waals surface area (Å²) in [7, 11) is 0. The van der Waals surface area contributed by atoms with E-state index in [1.807, 2.05) is 6.07 Å². The van der Waals surface area contributed by atoms with E-state index in [0.717, 1.165) is 17.3 Å². The number of non-ortho nitro benzene ring substituents is 1. The first-order valence-electron chi connectivity index (χ1n) is 7.49. The van der Waals surface area contributed by atoms with Crippen LogP contribution in [0.25, 0.3) is 0 Å². The molecular formula is C17H17BrN2O4. The van der Waals surface area contributed by atoms with Gasteiger partial charge in [-0.1, -0.05) is 29.3 Å². The SMILES string of the molecule is CCCCOc1ccc(Br)cc1C(=O)Nc1ccc([N+](=O)[O-])cc1. The van der Waals surface area contributed by atoms with Crippen LogP contribution in [0.3, 0.4) is 0 Å². The van der Waals surface area contributed by atoms with Gasteiger partial charge in [-0.25, -0.2) is 0 Å². The van der Waals surface area contributed by atoms with Crippen molar-refractivity contribution in [3.8, 4) is 5.75 Å². The lowest BCUT2D eigenvalue weighted by molar-refractivity contribution is -0.384. The summed E-state index contributed by atoms with van der Waals surface area (Å²) in [6, 6.07) is 10.9. The smallest absolute Gasteiger partial charge is 0.269 e. The van der Waals surface area contributed by atoms with Crippen LogP contribution < -0.4 is 10.1 Å². The van der Waals surface area contributed by atoms with Crippen molar-refractivity contribution in [3.05, 3.63) is 62.6 Å². The van der Waals surface area contributed by atoms with Gasteiger partial charge in [0.1, 0.15) is 5.75 Å². The number of nitro benzene ring substituents is 1. The predicted molar refractivity (Wildman–Crippen MR) is 95.6 cm³/mol. The van der Waals surface area contributed by atoms with Crippen LogP contribution in [-0.4, -0.2) is 17.4 Å². The molecule has 1 amide bonds. The molecule has 0 aliphatic heterocycles. The van der Waals surface area contributed by atoms with Crippen molar-refractivity contribution in [1.82, 2.24) is 0 Å². The Balaban J connectivity index is 2.15. The van der Waals surface area contributed by atoms with Crippen LogP contribution in [0.1, 0.15) is 30.1 Å². The van der Waals surface area contributed by atoms with Gasteiger partial charge in [0.2, 0.25) is 0 Å². The second kappa shape index (κ2) is 8.44. The summed E-state index contributed by atoms with van der Waals surface area (Å²) >= 11 is 3.35. The number of halogens is 1. The molecular weight excluding hydrogens is 376 g/mol. The van der Waals surface area contributed by atoms with Gasteiger partial charge < -0.3 is 10.1 Å². The summed E-state index contributed by atoms with van der Waals surface area (Å²) in [5.74, 6) is 0.169. The monoisotopic (exact) mass is 392 g/mol. The molecule has 0 spiro atoms. The molecule has 0 aromatic heterocycles. The first kappa shape index (κ1) is 17.9. The first-order chi connectivity index (χ1) is 11.5. The molecule has 24 heavy (non-hydrogen) atoms. The highest BCUT2D eigenvalue weighted by Crippen LogP contribution is 2.25. The number of hydrogen-bond donors (Lipinski definition) is 1. The van der Waals surface area contributed by atoms with Gasteiger partial charge in [0.05, 0.1) is 17.1 Å². The molecule has 0 unspecified atom stereocenters. The van der Waals surface area contributed by atoms with E-state index in [9.17, 15) is 14.9 Å². The standard InChI is InChI=1S/C17H17BrN2O4/c1-2-3-10-24-16-9-4-12(18)11-15(16)17(21)19-13-5-7-14(8-6-13)20(22)23/h4-9,11H,2-3,10H2,1H3,(H,19,21). The lowest BCUT2D eigenvalue weighted by Crippen LogP contribution is -2.14. The Kier molecular flexibility index (Phi) is 6.31. The molecule has 0 fully saturated rings. The van der Waals surface area contributed by atoms with Crippen molar-refractivity contribution >= 4 is 33.2 Å². The molecule has 0 aliphatic carbocycles. The summed E-state index contributed by atoms with van der Waals surface area (Å²) in [6.45, 7) is 2.60. The Hall–Kier alpha value is -2.41. The van der Waals surface area contributed by atoms with Crippen molar-refractivity contribution in [2.24, 2.45) is 0 Å². The normalized spacial score (nSPS) is 10.2. The average molecular weight is 393 g/mol. The number of nitro groups is 1. The van der Waals surface area contributed by atoms with E-state index in [4.69, 9.17) is 4.74 Å². The Labute approximate surface area is 148 Å². The summed E-state index contributed by atoms with van der Waals surface area (Å²) in [6.07, 6.45) is 1.90. The van der Waals surface area contributed by atoms with Gasteiger partial charge in [-0.2, -0.15) is 0 Å². The molecule has 0 atom stereocenters. The third-order valence-electron chi connectivity index (χ3n) is 3.28. The maximum Gasteiger partial charge on any atom is 0.269 e. The number of nitrogens with one attached hydrogen (secondary N) is 1. The summed E-state index contributed by atoms with van der Waals surface area (Å²) < 4.78 is 6.43. The Bertz CT molecular complexity index is 732. The van der Waals surface area contributed by atoms with Crippen molar-refractivity contribution in [2.45, 2.75) is 19.8 Å². The number of amides is 1. The molecule has 2 aromatic carbocycles. The number of ether oxygens (including phenoxy) is 1. The summed E-state index contributed by atoms with van der Waals surface area (Å²) in [5.41, 5.74) is 0.850. The van der Waals surface area contributed by atoms with Gasteiger partial charge in [0.15, 0.2) is 0 Å². The van der Waals surface area contributed by atoms with E-state index in [1.54, 1.807) is 12.1 Å². The topological polar surface area (TPSA) is 81.5 Å². The average Bonchev–Trinajstić information content (AvgIpc) is 2.56. The van der Waals surface area contributed by atoms with Gasteiger partial charge in [0.25, 0.3) is 11.6 Å². The molecule has 0 saturated heterocycles. The summed E-state index contributed by atoms with van der Waals surface area (Å²) in [5, 5.41) is 13.4. The molecule has 1 N–H and O–H groups in total. The molecule has 0 radical (unpaired) electrons. The number of rotatable bonds is 7. The van der Waals surface area contributed by atoms with Gasteiger partial charge >= 0.3 is 0 Å². The van der Waals surface area contributed by atoms with Crippen LogP contribution in [0.5, 0.6) is 5.75 Å². The van der Waals surface area contributed by atoms with E-state index in [-0.39, 0.29) is 11.6 Å². The maximum atomic E-state index is 12.5. The zero-order valence-corrected chi connectivity index (χ0v) is 14.7. The lowest BCUT2D eigenvalue weighted by atomic mass is 10.1. The van der Waals surface area contributed by atoms with E-state index in [0.29, 0.717) is 23.6 Å². The van der Waals surface area contributed by atoms with Gasteiger partial charge in [0, 0.05) is 22.3 Å². The number of carbonyl (C=O) groups excluding carboxylic acids is 1. The van der Waals surface area contributed by atoms with Crippen molar-refractivity contribution in [3.63, 3.8) is 0 Å². The van der Waals surface area contributed by atoms with Crippen LogP contribution >= 0.6 is 15.9 Å². The van der Waals surface area contributed by atoms with Crippen LogP contribution in [0.15, 0.2) is 46.9 Å². The Morgan fingerprint density at radius 1 is 1.25 bits per heavy atom. The second-order valence-corrected chi connectivity index (χ2v) is 6.02. The zero-order chi connectivity index (χ0) is 17.5. The van der Waals surface area contributed by atoms with Gasteiger partial charge in [-0.05, 0) is 36.8 Å². The molecule has 2 rings (SSSR count). The quantitative estimate of drug-likeness (QED) is 0.417. The van der Waals surface area contributed by atoms with Crippen molar-refractivity contribution in [2.75, 3.05) is 11.9 Å². The third-order valence-corrected chi connectivity index (χ3v) is 3.77. The fraction of sp³-hybridized carbons (Fsp3) is 0.235. The van der Waals surface area contributed by atoms with E-state index in [1.165, 1.54) is 24.3 Å². The molecule has 126 valence electrons. The van der Waals surface area contributed by atoms with E-state index < -0.39 is 4.92 Å². The fourth-order valence-corrected chi connectivity index (χ4v) is 2.36. The van der Waals surface area contributed by atoms with Crippen LogP contribution in [-0.2, 0) is 0 Å². The molecule has 2 aromatic rings. The number of unbranched alkanes of at least 4 members (excludes halogenated alkanes) is 1. The van der Waals surface area contributed by atoms with Crippen molar-refractivity contribution in [1.29, 1.82) is 0 Å². The number of carbonyl (C=O) groups is 1. The highest BCUT2D eigenvalue weighted by atomic mass is 79.9. The predicted octanol–water partition coefficient (Wildman–Crippen LogP) is 4.79. The van der Waals surface area contributed by atoms with Gasteiger partial charge in [-0.15, -0.1) is 0 Å². The molecule has 0 bridgehead atoms. The van der Waals surface area contributed by atoms with E-state index >= 15 is 0 Å². The highest BCUT2D eigenvalue weighted by Gasteiger charge is 2.14. The van der Waals surface area contributed by atoms with Crippen LogP contribution in [0.2, 0.25) is 0 Å². The van der Waals surface area contributed by atoms with Crippen LogP contribution in [0, 0.1) is 10.1 Å². The number of benzene rings is 2. The summed E-state index contributed by atoms with van der Waals surface area (Å²) in [4.78, 5) is 22.7. The maximum absolute atomic E-state index is 12.5. The Morgan fingerprint density at radius 2 is 1.96 bits per heavy atom. The molecule has 0 saturated carbocycles. The number of nitrogens with zero attached hydrogens (tertiary/aromatic N) is 1.